The van der Waals surface area contributed by atoms with E-state index in [1.807, 2.05) is 32.0 Å². The number of benzene rings is 1. The summed E-state index contributed by atoms with van der Waals surface area (Å²) in [5, 5.41) is 1.31. The zero-order valence-electron chi connectivity index (χ0n) is 12.3. The zero-order chi connectivity index (χ0) is 15.4. The third-order valence-corrected chi connectivity index (χ3v) is 4.19. The molecule has 22 heavy (non-hydrogen) atoms. The lowest BCUT2D eigenvalue weighted by molar-refractivity contribution is 0.104. The molecule has 108 valence electrons. The standard InChI is InChI=1S/C18H14N2O2/c1-10(2)20-16-14-9-19-8-7-12(14)17(21)15(16)11-5-3-4-6-13(11)18(20)22/h3-10H,1-2H3. The predicted molar refractivity (Wildman–Crippen MR) is 85.3 cm³/mol. The molecule has 1 aromatic carbocycles. The van der Waals surface area contributed by atoms with Crippen LogP contribution in [0.1, 0.15) is 35.8 Å². The molecule has 4 rings (SSSR count). The van der Waals surface area contributed by atoms with E-state index >= 15 is 0 Å². The van der Waals surface area contributed by atoms with Crippen LogP contribution in [0, 0.1) is 0 Å². The van der Waals surface area contributed by atoms with Crippen molar-refractivity contribution in [3.8, 4) is 11.3 Å². The fraction of sp³-hybridized carbons (Fsp3) is 0.167. The van der Waals surface area contributed by atoms with Crippen molar-refractivity contribution in [2.24, 2.45) is 0 Å². The van der Waals surface area contributed by atoms with Gasteiger partial charge in [-0.25, -0.2) is 0 Å². The Labute approximate surface area is 127 Å². The summed E-state index contributed by atoms with van der Waals surface area (Å²) in [7, 11) is 0. The van der Waals surface area contributed by atoms with Crippen molar-refractivity contribution in [1.29, 1.82) is 0 Å². The number of aromatic nitrogens is 2. The monoisotopic (exact) mass is 290 g/mol. The molecule has 0 bridgehead atoms. The van der Waals surface area contributed by atoms with Crippen LogP contribution in [0.4, 0.5) is 0 Å². The fourth-order valence-corrected chi connectivity index (χ4v) is 3.27. The molecule has 0 fully saturated rings. The van der Waals surface area contributed by atoms with E-state index in [2.05, 4.69) is 4.98 Å². The summed E-state index contributed by atoms with van der Waals surface area (Å²) in [4.78, 5) is 29.9. The second kappa shape index (κ2) is 4.37. The Bertz CT molecular complexity index is 1000. The average Bonchev–Trinajstić information content (AvgIpc) is 2.81. The van der Waals surface area contributed by atoms with E-state index < -0.39 is 0 Å². The van der Waals surface area contributed by atoms with Gasteiger partial charge in [-0.15, -0.1) is 0 Å². The van der Waals surface area contributed by atoms with Crippen molar-refractivity contribution < 1.29 is 4.79 Å². The molecular formula is C18H14N2O2. The maximum atomic E-state index is 12.9. The van der Waals surface area contributed by atoms with E-state index in [1.54, 1.807) is 29.1 Å². The van der Waals surface area contributed by atoms with Gasteiger partial charge in [0.25, 0.3) is 5.56 Å². The second-order valence-corrected chi connectivity index (χ2v) is 5.79. The Morgan fingerprint density at radius 2 is 1.73 bits per heavy atom. The van der Waals surface area contributed by atoms with Gasteiger partial charge in [-0.1, -0.05) is 18.2 Å². The Balaban J connectivity index is 2.30. The van der Waals surface area contributed by atoms with Crippen molar-refractivity contribution in [1.82, 2.24) is 9.55 Å². The van der Waals surface area contributed by atoms with Gasteiger partial charge in [-0.2, -0.15) is 0 Å². The van der Waals surface area contributed by atoms with Gasteiger partial charge >= 0.3 is 0 Å². The molecule has 0 N–H and O–H groups in total. The van der Waals surface area contributed by atoms with Crippen molar-refractivity contribution in [2.75, 3.05) is 0 Å². The minimum absolute atomic E-state index is 0.0296. The molecule has 0 amide bonds. The Morgan fingerprint density at radius 1 is 1.00 bits per heavy atom. The van der Waals surface area contributed by atoms with Crippen molar-refractivity contribution in [3.63, 3.8) is 0 Å². The largest absolute Gasteiger partial charge is 0.304 e. The average molecular weight is 290 g/mol. The summed E-state index contributed by atoms with van der Waals surface area (Å²) < 4.78 is 1.71. The topological polar surface area (TPSA) is 52.0 Å². The lowest BCUT2D eigenvalue weighted by atomic mass is 10.0. The number of pyridine rings is 2. The summed E-state index contributed by atoms with van der Waals surface area (Å²) in [5.74, 6) is -0.0296. The van der Waals surface area contributed by atoms with Crippen LogP contribution in [0.2, 0.25) is 0 Å². The van der Waals surface area contributed by atoms with Crippen LogP contribution in [0.3, 0.4) is 0 Å². The van der Waals surface area contributed by atoms with Crippen LogP contribution in [0.15, 0.2) is 47.5 Å². The van der Waals surface area contributed by atoms with Gasteiger partial charge in [0.05, 0.1) is 11.3 Å². The quantitative estimate of drug-likeness (QED) is 0.541. The van der Waals surface area contributed by atoms with E-state index in [0.29, 0.717) is 22.2 Å². The third kappa shape index (κ3) is 1.49. The summed E-state index contributed by atoms with van der Waals surface area (Å²) in [5.41, 5.74) is 2.63. The molecule has 0 radical (unpaired) electrons. The van der Waals surface area contributed by atoms with Gasteiger partial charge in [0.15, 0.2) is 5.78 Å². The Morgan fingerprint density at radius 3 is 2.45 bits per heavy atom. The fourth-order valence-electron chi connectivity index (χ4n) is 3.27. The van der Waals surface area contributed by atoms with Crippen LogP contribution in [-0.4, -0.2) is 15.3 Å². The summed E-state index contributed by atoms with van der Waals surface area (Å²) in [6.07, 6.45) is 3.29. The number of ketones is 1. The molecule has 3 aromatic rings. The summed E-state index contributed by atoms with van der Waals surface area (Å²) >= 11 is 0. The number of hydrogen-bond acceptors (Lipinski definition) is 3. The molecule has 1 aliphatic carbocycles. The third-order valence-electron chi connectivity index (χ3n) is 4.19. The second-order valence-electron chi connectivity index (χ2n) is 5.79. The number of carbonyl (C=O) groups is 1. The van der Waals surface area contributed by atoms with E-state index in [4.69, 9.17) is 0 Å². The molecule has 0 saturated carbocycles. The van der Waals surface area contributed by atoms with E-state index in [9.17, 15) is 9.59 Å². The van der Waals surface area contributed by atoms with Crippen molar-refractivity contribution in [3.05, 3.63) is 64.2 Å². The van der Waals surface area contributed by atoms with Crippen molar-refractivity contribution >= 4 is 16.6 Å². The molecular weight excluding hydrogens is 276 g/mol. The predicted octanol–water partition coefficient (Wildman–Crippen LogP) is 3.19. The van der Waals surface area contributed by atoms with Crippen LogP contribution in [-0.2, 0) is 0 Å². The van der Waals surface area contributed by atoms with Gasteiger partial charge in [-0.3, -0.25) is 14.6 Å². The smallest absolute Gasteiger partial charge is 0.259 e. The number of rotatable bonds is 1. The minimum Gasteiger partial charge on any atom is -0.304 e. The highest BCUT2D eigenvalue weighted by molar-refractivity contribution is 6.26. The minimum atomic E-state index is -0.0612. The molecule has 2 aromatic heterocycles. The molecule has 4 nitrogen and oxygen atoms in total. The van der Waals surface area contributed by atoms with Crippen LogP contribution >= 0.6 is 0 Å². The van der Waals surface area contributed by atoms with Crippen LogP contribution in [0.5, 0.6) is 0 Å². The normalized spacial score (nSPS) is 12.8. The maximum Gasteiger partial charge on any atom is 0.259 e. The highest BCUT2D eigenvalue weighted by atomic mass is 16.1. The van der Waals surface area contributed by atoms with Crippen LogP contribution in [0.25, 0.3) is 22.0 Å². The number of hydrogen-bond donors (Lipinski definition) is 0. The Kier molecular flexibility index (Phi) is 2.57. The van der Waals surface area contributed by atoms with Crippen molar-refractivity contribution in [2.45, 2.75) is 19.9 Å². The number of carbonyl (C=O) groups excluding carboxylic acids is 1. The highest BCUT2D eigenvalue weighted by Gasteiger charge is 2.33. The first-order valence-corrected chi connectivity index (χ1v) is 7.27. The van der Waals surface area contributed by atoms with Gasteiger partial charge in [0, 0.05) is 40.3 Å². The van der Waals surface area contributed by atoms with Gasteiger partial charge in [0.2, 0.25) is 0 Å². The summed E-state index contributed by atoms with van der Waals surface area (Å²) in [6, 6.07) is 9.00. The Hall–Kier alpha value is -2.75. The van der Waals surface area contributed by atoms with Gasteiger partial charge < -0.3 is 4.57 Å². The highest BCUT2D eigenvalue weighted by Crippen LogP contribution is 2.39. The lowest BCUT2D eigenvalue weighted by Crippen LogP contribution is -2.24. The van der Waals surface area contributed by atoms with E-state index in [1.165, 1.54) is 0 Å². The van der Waals surface area contributed by atoms with Gasteiger partial charge in [0.1, 0.15) is 0 Å². The molecule has 4 heteroatoms. The molecule has 0 spiro atoms. The molecule has 0 unspecified atom stereocenters. The lowest BCUT2D eigenvalue weighted by Gasteiger charge is -2.17. The molecule has 2 heterocycles. The number of fused-ring (bicyclic) bond motifs is 5. The number of nitrogens with zero attached hydrogens (tertiary/aromatic N) is 2. The first kappa shape index (κ1) is 13.0. The first-order chi connectivity index (χ1) is 10.6. The van der Waals surface area contributed by atoms with Gasteiger partial charge in [-0.05, 0) is 26.0 Å². The van der Waals surface area contributed by atoms with Crippen LogP contribution < -0.4 is 5.56 Å². The maximum absolute atomic E-state index is 12.9. The molecule has 0 atom stereocenters. The molecule has 0 aliphatic heterocycles. The SMILES string of the molecule is CC(C)n1c2c(c3ccccc3c1=O)C(=O)c1ccncc1-2. The van der Waals surface area contributed by atoms with E-state index in [0.717, 1.165) is 10.9 Å². The summed E-state index contributed by atoms with van der Waals surface area (Å²) in [6.45, 7) is 3.91. The molecule has 1 aliphatic rings. The zero-order valence-corrected chi connectivity index (χ0v) is 12.3. The first-order valence-electron chi connectivity index (χ1n) is 7.27. The van der Waals surface area contributed by atoms with E-state index in [-0.39, 0.29) is 17.4 Å². The molecule has 0 saturated heterocycles.